The number of anilines is 1. The van der Waals surface area contributed by atoms with Gasteiger partial charge in [0.1, 0.15) is 12.4 Å². The minimum absolute atomic E-state index is 0.0981. The highest BCUT2D eigenvalue weighted by atomic mass is 35.5. The number of amides is 1. The monoisotopic (exact) mass is 246 g/mol. The molecule has 16 heavy (non-hydrogen) atoms. The molecule has 90 valence electrons. The molecule has 0 radical (unpaired) electrons. The van der Waals surface area contributed by atoms with Crippen molar-refractivity contribution in [2.75, 3.05) is 25.0 Å². The van der Waals surface area contributed by atoms with E-state index >= 15 is 0 Å². The summed E-state index contributed by atoms with van der Waals surface area (Å²) in [5.41, 5.74) is 0. The van der Waals surface area contributed by atoms with Gasteiger partial charge in [0, 0.05) is 13.6 Å². The van der Waals surface area contributed by atoms with E-state index in [1.807, 2.05) is 6.92 Å². The van der Waals surface area contributed by atoms with E-state index in [1.54, 1.807) is 11.9 Å². The number of hydrogen-bond donors (Lipinski definition) is 1. The molecule has 1 aromatic heterocycles. The summed E-state index contributed by atoms with van der Waals surface area (Å²) in [4.78, 5) is 13.0. The van der Waals surface area contributed by atoms with Gasteiger partial charge in [-0.25, -0.2) is 0 Å². The second-order valence-electron chi connectivity index (χ2n) is 3.21. The first-order valence-corrected chi connectivity index (χ1v) is 5.58. The van der Waals surface area contributed by atoms with Crippen molar-refractivity contribution in [1.82, 2.24) is 15.5 Å². The molecule has 1 heterocycles. The fraction of sp³-hybridized carbons (Fsp3) is 0.667. The number of nitrogens with one attached hydrogen (secondary N) is 1. The van der Waals surface area contributed by atoms with Crippen molar-refractivity contribution < 1.29 is 9.21 Å². The van der Waals surface area contributed by atoms with Crippen molar-refractivity contribution in [2.24, 2.45) is 0 Å². The molecule has 6 nitrogen and oxygen atoms in total. The lowest BCUT2D eigenvalue weighted by Gasteiger charge is -2.17. The van der Waals surface area contributed by atoms with Crippen molar-refractivity contribution in [3.8, 4) is 0 Å². The van der Waals surface area contributed by atoms with Crippen LogP contribution in [0.3, 0.4) is 0 Å². The van der Waals surface area contributed by atoms with Crippen LogP contribution in [0.2, 0.25) is 0 Å². The summed E-state index contributed by atoms with van der Waals surface area (Å²) in [6.07, 6.45) is 0.885. The number of nitrogens with zero attached hydrogens (tertiary/aromatic N) is 3. The van der Waals surface area contributed by atoms with Crippen LogP contribution in [0, 0.1) is 0 Å². The number of carbonyl (C=O) groups excluding carboxylic acids is 1. The topological polar surface area (TPSA) is 71.3 Å². The first-order chi connectivity index (χ1) is 7.71. The first-order valence-electron chi connectivity index (χ1n) is 5.05. The molecule has 0 atom stereocenters. The zero-order chi connectivity index (χ0) is 12.0. The van der Waals surface area contributed by atoms with E-state index < -0.39 is 0 Å². The van der Waals surface area contributed by atoms with Crippen LogP contribution in [-0.2, 0) is 10.7 Å². The summed E-state index contributed by atoms with van der Waals surface area (Å²) in [5.74, 6) is 0.432. The minimum atomic E-state index is -0.0981. The summed E-state index contributed by atoms with van der Waals surface area (Å²) in [5, 5.41) is 10.1. The van der Waals surface area contributed by atoms with Gasteiger partial charge in [0.05, 0.1) is 0 Å². The van der Waals surface area contributed by atoms with Crippen LogP contribution < -0.4 is 10.2 Å². The van der Waals surface area contributed by atoms with Gasteiger partial charge in [-0.05, 0) is 6.42 Å². The zero-order valence-corrected chi connectivity index (χ0v) is 10.1. The van der Waals surface area contributed by atoms with E-state index in [2.05, 4.69) is 15.5 Å². The number of likely N-dealkylation sites (N-methyl/N-ethyl adjacent to an activating group) is 1. The fourth-order valence-electron chi connectivity index (χ4n) is 1.19. The molecule has 0 spiro atoms. The predicted molar refractivity (Wildman–Crippen MR) is 60.4 cm³/mol. The van der Waals surface area contributed by atoms with E-state index in [1.165, 1.54) is 0 Å². The van der Waals surface area contributed by atoms with Gasteiger partial charge in [-0.1, -0.05) is 12.0 Å². The number of alkyl halides is 1. The van der Waals surface area contributed by atoms with Crippen molar-refractivity contribution in [1.29, 1.82) is 0 Å². The second kappa shape index (κ2) is 6.32. The van der Waals surface area contributed by atoms with E-state index in [-0.39, 0.29) is 18.3 Å². The molecule has 1 amide bonds. The highest BCUT2D eigenvalue weighted by Gasteiger charge is 2.15. The molecule has 0 unspecified atom stereocenters. The van der Waals surface area contributed by atoms with Crippen molar-refractivity contribution in [2.45, 2.75) is 19.2 Å². The molecule has 0 aliphatic carbocycles. The Morgan fingerprint density at radius 3 is 2.81 bits per heavy atom. The van der Waals surface area contributed by atoms with Crippen LogP contribution >= 0.6 is 11.6 Å². The Morgan fingerprint density at radius 1 is 1.56 bits per heavy atom. The molecule has 0 fully saturated rings. The van der Waals surface area contributed by atoms with Gasteiger partial charge < -0.3 is 14.6 Å². The smallest absolute Gasteiger partial charge is 0.318 e. The average Bonchev–Trinajstić information content (AvgIpc) is 2.76. The third kappa shape index (κ3) is 3.37. The van der Waals surface area contributed by atoms with Crippen LogP contribution in [0.4, 0.5) is 6.01 Å². The van der Waals surface area contributed by atoms with E-state index in [0.29, 0.717) is 18.5 Å². The average molecular weight is 247 g/mol. The molecule has 1 rings (SSSR count). The Morgan fingerprint density at radius 2 is 2.31 bits per heavy atom. The predicted octanol–water partition coefficient (Wildman–Crippen LogP) is 0.771. The van der Waals surface area contributed by atoms with E-state index in [0.717, 1.165) is 6.42 Å². The zero-order valence-electron chi connectivity index (χ0n) is 9.36. The standard InChI is InChI=1S/C9H15ClN4O2/c1-3-4-14(6-7(15)11-2)9-13-12-8(5-10)16-9/h3-6H2,1-2H3,(H,11,15). The molecule has 0 aliphatic rings. The lowest BCUT2D eigenvalue weighted by molar-refractivity contribution is -0.119. The number of carbonyl (C=O) groups is 1. The molecule has 7 heteroatoms. The van der Waals surface area contributed by atoms with Gasteiger partial charge in [-0.2, -0.15) is 0 Å². The molecular formula is C9H15ClN4O2. The van der Waals surface area contributed by atoms with Crippen LogP contribution in [-0.4, -0.2) is 36.2 Å². The summed E-state index contributed by atoms with van der Waals surface area (Å²) in [6, 6.07) is 0.334. The Kier molecular flexibility index (Phi) is 5.04. The molecule has 1 aromatic rings. The van der Waals surface area contributed by atoms with Gasteiger partial charge in [0.25, 0.3) is 0 Å². The van der Waals surface area contributed by atoms with Gasteiger partial charge in [0.15, 0.2) is 0 Å². The summed E-state index contributed by atoms with van der Waals surface area (Å²) >= 11 is 5.56. The van der Waals surface area contributed by atoms with Crippen molar-refractivity contribution in [3.05, 3.63) is 5.89 Å². The second-order valence-corrected chi connectivity index (χ2v) is 3.47. The van der Waals surface area contributed by atoms with Crippen molar-refractivity contribution >= 4 is 23.5 Å². The van der Waals surface area contributed by atoms with Gasteiger partial charge >= 0.3 is 6.01 Å². The number of aromatic nitrogens is 2. The van der Waals surface area contributed by atoms with Crippen LogP contribution in [0.25, 0.3) is 0 Å². The highest BCUT2D eigenvalue weighted by Crippen LogP contribution is 2.13. The maximum Gasteiger partial charge on any atom is 0.318 e. The third-order valence-electron chi connectivity index (χ3n) is 1.95. The lowest BCUT2D eigenvalue weighted by atomic mass is 10.4. The fourth-order valence-corrected chi connectivity index (χ4v) is 1.30. The molecule has 1 N–H and O–H groups in total. The molecular weight excluding hydrogens is 232 g/mol. The normalized spacial score (nSPS) is 10.2. The maximum absolute atomic E-state index is 11.3. The molecule has 0 saturated heterocycles. The number of hydrogen-bond acceptors (Lipinski definition) is 5. The van der Waals surface area contributed by atoms with E-state index in [9.17, 15) is 4.79 Å². The van der Waals surface area contributed by atoms with Gasteiger partial charge in [0.2, 0.25) is 11.8 Å². The summed E-state index contributed by atoms with van der Waals surface area (Å²) in [7, 11) is 1.59. The number of rotatable bonds is 6. The quantitative estimate of drug-likeness (QED) is 0.751. The highest BCUT2D eigenvalue weighted by molar-refractivity contribution is 6.16. The third-order valence-corrected chi connectivity index (χ3v) is 2.18. The Bertz CT molecular complexity index is 342. The minimum Gasteiger partial charge on any atom is -0.407 e. The Hall–Kier alpha value is -1.30. The number of halogens is 1. The van der Waals surface area contributed by atoms with Crippen LogP contribution in [0.5, 0.6) is 0 Å². The van der Waals surface area contributed by atoms with Crippen molar-refractivity contribution in [3.63, 3.8) is 0 Å². The molecule has 0 aliphatic heterocycles. The van der Waals surface area contributed by atoms with Gasteiger partial charge in [-0.3, -0.25) is 4.79 Å². The van der Waals surface area contributed by atoms with Crippen LogP contribution in [0.15, 0.2) is 4.42 Å². The maximum atomic E-state index is 11.3. The SMILES string of the molecule is CCCN(CC(=O)NC)c1nnc(CCl)o1. The lowest BCUT2D eigenvalue weighted by Crippen LogP contribution is -2.36. The largest absolute Gasteiger partial charge is 0.407 e. The van der Waals surface area contributed by atoms with Crippen LogP contribution in [0.1, 0.15) is 19.2 Å². The summed E-state index contributed by atoms with van der Waals surface area (Å²) < 4.78 is 5.28. The molecule has 0 bridgehead atoms. The molecule has 0 aromatic carbocycles. The first kappa shape index (κ1) is 12.8. The Balaban J connectivity index is 2.71. The molecule has 0 saturated carbocycles. The van der Waals surface area contributed by atoms with E-state index in [4.69, 9.17) is 16.0 Å². The summed E-state index contributed by atoms with van der Waals surface area (Å²) in [6.45, 7) is 2.89. The van der Waals surface area contributed by atoms with Gasteiger partial charge in [-0.15, -0.1) is 16.7 Å². The Labute approximate surface area is 99.0 Å².